The second kappa shape index (κ2) is 6.72. The first kappa shape index (κ1) is 14.8. The molecular weight excluding hydrogens is 256 g/mol. The number of anilines is 1. The van der Waals surface area contributed by atoms with Crippen LogP contribution in [0.25, 0.3) is 0 Å². The van der Waals surface area contributed by atoms with Crippen LogP contribution in [-0.4, -0.2) is 31.8 Å². The van der Waals surface area contributed by atoms with Crippen molar-refractivity contribution < 1.29 is 14.3 Å². The first-order chi connectivity index (χ1) is 9.56. The van der Waals surface area contributed by atoms with Crippen LogP contribution in [-0.2, 0) is 9.53 Å². The largest absolute Gasteiger partial charge is 0.493 e. The van der Waals surface area contributed by atoms with Gasteiger partial charge in [0.2, 0.25) is 5.91 Å². The number of carbonyl (C=O) groups excluding carboxylic acids is 1. The number of carbonyl (C=O) groups is 1. The molecule has 1 amide bonds. The highest BCUT2D eigenvalue weighted by molar-refractivity contribution is 5.93. The summed E-state index contributed by atoms with van der Waals surface area (Å²) in [7, 11) is 0. The van der Waals surface area contributed by atoms with Gasteiger partial charge in [-0.25, -0.2) is 0 Å². The van der Waals surface area contributed by atoms with Gasteiger partial charge in [-0.05, 0) is 18.1 Å². The fourth-order valence-electron chi connectivity index (χ4n) is 2.00. The molecule has 0 radical (unpaired) electrons. The van der Waals surface area contributed by atoms with E-state index in [0.29, 0.717) is 25.7 Å². The number of benzene rings is 1. The van der Waals surface area contributed by atoms with Crippen molar-refractivity contribution in [2.24, 2.45) is 17.6 Å². The first-order valence-electron chi connectivity index (χ1n) is 6.93. The summed E-state index contributed by atoms with van der Waals surface area (Å²) < 4.78 is 10.8. The topological polar surface area (TPSA) is 73.6 Å². The third kappa shape index (κ3) is 3.95. The number of hydrogen-bond donors (Lipinski definition) is 2. The van der Waals surface area contributed by atoms with Crippen LogP contribution in [0.5, 0.6) is 5.75 Å². The van der Waals surface area contributed by atoms with Gasteiger partial charge in [-0.15, -0.1) is 0 Å². The molecule has 0 saturated carbocycles. The minimum absolute atomic E-state index is 0.101. The molecule has 0 bridgehead atoms. The van der Waals surface area contributed by atoms with E-state index in [9.17, 15) is 4.79 Å². The average molecular weight is 278 g/mol. The molecular formula is C15H22N2O3. The Kier molecular flexibility index (Phi) is 4.98. The summed E-state index contributed by atoms with van der Waals surface area (Å²) in [6, 6.07) is 7.16. The van der Waals surface area contributed by atoms with Gasteiger partial charge >= 0.3 is 0 Å². The molecule has 5 nitrogen and oxygen atoms in total. The highest BCUT2D eigenvalue weighted by Gasteiger charge is 2.31. The lowest BCUT2D eigenvalue weighted by Crippen LogP contribution is -2.37. The second-order valence-electron chi connectivity index (χ2n) is 5.53. The van der Waals surface area contributed by atoms with Crippen LogP contribution < -0.4 is 15.8 Å². The summed E-state index contributed by atoms with van der Waals surface area (Å²) in [5.74, 6) is 0.830. The Morgan fingerprint density at radius 2 is 2.30 bits per heavy atom. The van der Waals surface area contributed by atoms with Crippen molar-refractivity contribution in [1.29, 1.82) is 0 Å². The van der Waals surface area contributed by atoms with Gasteiger partial charge in [0.05, 0.1) is 25.7 Å². The number of hydrogen-bond acceptors (Lipinski definition) is 4. The Morgan fingerprint density at radius 3 is 2.95 bits per heavy atom. The van der Waals surface area contributed by atoms with Crippen molar-refractivity contribution in [3.63, 3.8) is 0 Å². The van der Waals surface area contributed by atoms with E-state index in [4.69, 9.17) is 15.2 Å². The van der Waals surface area contributed by atoms with Gasteiger partial charge in [0, 0.05) is 17.8 Å². The van der Waals surface area contributed by atoms with Gasteiger partial charge in [-0.2, -0.15) is 0 Å². The monoisotopic (exact) mass is 278 g/mol. The maximum Gasteiger partial charge on any atom is 0.231 e. The standard InChI is InChI=1S/C15H22N2O3/c1-10(2)7-20-12-5-3-4-11(6-12)17-15(18)13-8-19-9-14(13)16/h3-6,10,13-14H,7-9,16H2,1-2H3,(H,17,18). The molecule has 1 aliphatic rings. The lowest BCUT2D eigenvalue weighted by Gasteiger charge is -2.14. The Morgan fingerprint density at radius 1 is 1.50 bits per heavy atom. The van der Waals surface area contributed by atoms with Gasteiger partial charge < -0.3 is 20.5 Å². The number of ether oxygens (including phenoxy) is 2. The molecule has 3 N–H and O–H groups in total. The summed E-state index contributed by atoms with van der Waals surface area (Å²) in [5.41, 5.74) is 6.55. The van der Waals surface area contributed by atoms with Gasteiger partial charge in [-0.1, -0.05) is 19.9 Å². The third-order valence-corrected chi connectivity index (χ3v) is 3.15. The normalized spacial score (nSPS) is 22.0. The zero-order valence-corrected chi connectivity index (χ0v) is 12.0. The van der Waals surface area contributed by atoms with Crippen LogP contribution >= 0.6 is 0 Å². The number of amides is 1. The highest BCUT2D eigenvalue weighted by Crippen LogP contribution is 2.20. The summed E-state index contributed by atoms with van der Waals surface area (Å²) >= 11 is 0. The predicted octanol–water partition coefficient (Wildman–Crippen LogP) is 1.63. The second-order valence-corrected chi connectivity index (χ2v) is 5.53. The molecule has 1 aliphatic heterocycles. The smallest absolute Gasteiger partial charge is 0.231 e. The van der Waals surface area contributed by atoms with E-state index in [1.54, 1.807) is 0 Å². The molecule has 2 atom stereocenters. The fraction of sp³-hybridized carbons (Fsp3) is 0.533. The molecule has 110 valence electrons. The van der Waals surface area contributed by atoms with Crippen molar-refractivity contribution in [3.8, 4) is 5.75 Å². The highest BCUT2D eigenvalue weighted by atomic mass is 16.5. The Hall–Kier alpha value is -1.59. The van der Waals surface area contributed by atoms with Crippen molar-refractivity contribution >= 4 is 11.6 Å². The van der Waals surface area contributed by atoms with E-state index >= 15 is 0 Å². The zero-order valence-electron chi connectivity index (χ0n) is 12.0. The molecule has 2 unspecified atom stereocenters. The van der Waals surface area contributed by atoms with E-state index in [2.05, 4.69) is 19.2 Å². The van der Waals surface area contributed by atoms with E-state index in [1.165, 1.54) is 0 Å². The van der Waals surface area contributed by atoms with Gasteiger partial charge in [0.1, 0.15) is 5.75 Å². The first-order valence-corrected chi connectivity index (χ1v) is 6.93. The van der Waals surface area contributed by atoms with E-state index in [1.807, 2.05) is 24.3 Å². The molecule has 1 saturated heterocycles. The quantitative estimate of drug-likeness (QED) is 0.858. The summed E-state index contributed by atoms with van der Waals surface area (Å²) in [4.78, 5) is 12.1. The molecule has 0 aromatic heterocycles. The van der Waals surface area contributed by atoms with Crippen LogP contribution in [0, 0.1) is 11.8 Å². The molecule has 2 rings (SSSR count). The lowest BCUT2D eigenvalue weighted by atomic mass is 10.0. The Labute approximate surface area is 119 Å². The summed E-state index contributed by atoms with van der Waals surface area (Å²) in [6.07, 6.45) is 0. The molecule has 0 aliphatic carbocycles. The summed E-state index contributed by atoms with van der Waals surface area (Å²) in [5, 5.41) is 2.86. The third-order valence-electron chi connectivity index (χ3n) is 3.15. The zero-order chi connectivity index (χ0) is 14.5. The summed E-state index contributed by atoms with van der Waals surface area (Å²) in [6.45, 7) is 5.66. The molecule has 1 heterocycles. The molecule has 0 spiro atoms. The molecule has 20 heavy (non-hydrogen) atoms. The van der Waals surface area contributed by atoms with Crippen LogP contribution in [0.15, 0.2) is 24.3 Å². The fourth-order valence-corrected chi connectivity index (χ4v) is 2.00. The van der Waals surface area contributed by atoms with E-state index in [-0.39, 0.29) is 17.9 Å². The lowest BCUT2D eigenvalue weighted by molar-refractivity contribution is -0.120. The van der Waals surface area contributed by atoms with Crippen molar-refractivity contribution in [2.45, 2.75) is 19.9 Å². The maximum absolute atomic E-state index is 12.1. The molecule has 1 aromatic rings. The van der Waals surface area contributed by atoms with Crippen LogP contribution in [0.1, 0.15) is 13.8 Å². The minimum Gasteiger partial charge on any atom is -0.493 e. The van der Waals surface area contributed by atoms with Crippen molar-refractivity contribution in [2.75, 3.05) is 25.1 Å². The molecule has 1 fully saturated rings. The Balaban J connectivity index is 1.95. The molecule has 5 heteroatoms. The van der Waals surface area contributed by atoms with E-state index in [0.717, 1.165) is 11.4 Å². The minimum atomic E-state index is -0.282. The van der Waals surface area contributed by atoms with Crippen molar-refractivity contribution in [1.82, 2.24) is 0 Å². The maximum atomic E-state index is 12.1. The van der Waals surface area contributed by atoms with Gasteiger partial charge in [0.25, 0.3) is 0 Å². The number of nitrogens with two attached hydrogens (primary N) is 1. The van der Waals surface area contributed by atoms with Crippen molar-refractivity contribution in [3.05, 3.63) is 24.3 Å². The van der Waals surface area contributed by atoms with Gasteiger partial charge in [-0.3, -0.25) is 4.79 Å². The molecule has 1 aromatic carbocycles. The average Bonchev–Trinajstić information content (AvgIpc) is 2.83. The van der Waals surface area contributed by atoms with E-state index < -0.39 is 0 Å². The van der Waals surface area contributed by atoms with Crippen LogP contribution in [0.2, 0.25) is 0 Å². The number of nitrogens with one attached hydrogen (secondary N) is 1. The van der Waals surface area contributed by atoms with Crippen LogP contribution in [0.4, 0.5) is 5.69 Å². The number of rotatable bonds is 5. The predicted molar refractivity (Wildman–Crippen MR) is 77.7 cm³/mol. The van der Waals surface area contributed by atoms with Gasteiger partial charge in [0.15, 0.2) is 0 Å². The SMILES string of the molecule is CC(C)COc1cccc(NC(=O)C2COCC2N)c1. The van der Waals surface area contributed by atoms with Crippen LogP contribution in [0.3, 0.4) is 0 Å². The Bertz CT molecular complexity index is 462.